The van der Waals surface area contributed by atoms with E-state index in [9.17, 15) is 0 Å². The van der Waals surface area contributed by atoms with Crippen LogP contribution in [-0.4, -0.2) is 4.57 Å². The van der Waals surface area contributed by atoms with E-state index in [-0.39, 0.29) is 0 Å². The number of hydrogen-bond acceptors (Lipinski definition) is 2. The van der Waals surface area contributed by atoms with Gasteiger partial charge in [0.25, 0.3) is 0 Å². The number of halogens is 1. The Hall–Kier alpha value is -1.84. The minimum Gasteiger partial charge on any atom is -0.360 e. The molecule has 0 saturated carbocycles. The Balaban J connectivity index is 2.06. The second kappa shape index (κ2) is 5.27. The van der Waals surface area contributed by atoms with Gasteiger partial charge in [-0.05, 0) is 38.7 Å². The molecule has 20 heavy (non-hydrogen) atoms. The molecule has 0 saturated heterocycles. The highest BCUT2D eigenvalue weighted by Crippen LogP contribution is 2.34. The van der Waals surface area contributed by atoms with Crippen molar-refractivity contribution in [1.29, 1.82) is 0 Å². The molecule has 0 spiro atoms. The molecule has 0 radical (unpaired) electrons. The van der Waals surface area contributed by atoms with Crippen molar-refractivity contribution in [2.24, 2.45) is 5.73 Å². The monoisotopic (exact) mass is 326 g/mol. The minimum absolute atomic E-state index is 0.743. The highest BCUT2D eigenvalue weighted by atomic mass is 79.9. The maximum Gasteiger partial charge on any atom is 0.170 e. The van der Waals surface area contributed by atoms with Crippen molar-refractivity contribution in [3.63, 3.8) is 0 Å². The first-order valence-electron chi connectivity index (χ1n) is 6.45. The molecule has 3 heteroatoms. The third kappa shape index (κ3) is 2.55. The van der Waals surface area contributed by atoms with Crippen LogP contribution in [0.3, 0.4) is 0 Å². The fourth-order valence-corrected chi connectivity index (χ4v) is 2.73. The Morgan fingerprint density at radius 3 is 2.00 bits per heavy atom. The summed E-state index contributed by atoms with van der Waals surface area (Å²) in [4.78, 5) is 0. The quantitative estimate of drug-likeness (QED) is 0.652. The number of nitrogens with one attached hydrogen (secondary N) is 1. The molecular formula is C17H15BrN2. The molecule has 1 aliphatic rings. The Kier molecular flexibility index (Phi) is 3.47. The molecule has 2 aromatic carbocycles. The summed E-state index contributed by atoms with van der Waals surface area (Å²) in [6, 6.07) is 20.4. The Labute approximate surface area is 127 Å². The molecule has 0 amide bonds. The lowest BCUT2D eigenvalue weighted by Gasteiger charge is -2.31. The van der Waals surface area contributed by atoms with Gasteiger partial charge in [0.15, 0.2) is 4.57 Å². The number of allylic oxidation sites excluding steroid dienone is 2. The molecule has 0 aromatic heterocycles. The van der Waals surface area contributed by atoms with Crippen molar-refractivity contribution >= 4 is 27.1 Å². The summed E-state index contributed by atoms with van der Waals surface area (Å²) in [6.07, 6.45) is 4.06. The number of rotatable bonds is 2. The molecule has 1 aliphatic heterocycles. The lowest BCUT2D eigenvalue weighted by molar-refractivity contribution is 0.702. The fraction of sp³-hybridized carbons (Fsp3) is 0.0588. The van der Waals surface area contributed by atoms with Crippen LogP contribution in [0.5, 0.6) is 0 Å². The Morgan fingerprint density at radius 1 is 0.850 bits per heavy atom. The van der Waals surface area contributed by atoms with E-state index in [0.717, 1.165) is 22.3 Å². The first-order chi connectivity index (χ1) is 9.67. The first-order valence-corrected chi connectivity index (χ1v) is 7.25. The van der Waals surface area contributed by atoms with Crippen LogP contribution in [0, 0.1) is 0 Å². The lowest BCUT2D eigenvalue weighted by atomic mass is 9.95. The van der Waals surface area contributed by atoms with E-state index in [1.807, 2.05) is 42.6 Å². The van der Waals surface area contributed by atoms with Crippen molar-refractivity contribution < 1.29 is 0 Å². The number of alkyl halides is 1. The van der Waals surface area contributed by atoms with Gasteiger partial charge < -0.3 is 5.32 Å². The van der Waals surface area contributed by atoms with Crippen LogP contribution < -0.4 is 11.1 Å². The summed E-state index contributed by atoms with van der Waals surface area (Å²) in [5.41, 5.74) is 10.7. The molecule has 2 nitrogen and oxygen atoms in total. The molecular weight excluding hydrogens is 312 g/mol. The van der Waals surface area contributed by atoms with Crippen molar-refractivity contribution in [2.75, 3.05) is 0 Å². The van der Waals surface area contributed by atoms with Crippen LogP contribution in [-0.2, 0) is 0 Å². The van der Waals surface area contributed by atoms with Gasteiger partial charge in [-0.2, -0.15) is 0 Å². The Morgan fingerprint density at radius 2 is 1.40 bits per heavy atom. The van der Waals surface area contributed by atoms with Gasteiger partial charge in [-0.15, -0.1) is 0 Å². The van der Waals surface area contributed by atoms with Crippen molar-refractivity contribution in [3.8, 4) is 0 Å². The number of benzene rings is 2. The van der Waals surface area contributed by atoms with E-state index in [1.165, 1.54) is 0 Å². The van der Waals surface area contributed by atoms with E-state index in [0.29, 0.717) is 0 Å². The first kappa shape index (κ1) is 13.2. The van der Waals surface area contributed by atoms with Crippen molar-refractivity contribution in [3.05, 3.63) is 84.1 Å². The van der Waals surface area contributed by atoms with Gasteiger partial charge in [0, 0.05) is 11.8 Å². The SMILES string of the molecule is NC1(Br)NC=C(c2ccccc2)C=C1c1ccccc1. The zero-order valence-electron chi connectivity index (χ0n) is 10.9. The summed E-state index contributed by atoms with van der Waals surface area (Å²) < 4.78 is -0.743. The van der Waals surface area contributed by atoms with Crippen LogP contribution in [0.15, 0.2) is 72.9 Å². The predicted molar refractivity (Wildman–Crippen MR) is 87.8 cm³/mol. The normalized spacial score (nSPS) is 21.7. The molecule has 0 aliphatic carbocycles. The van der Waals surface area contributed by atoms with Gasteiger partial charge in [-0.25, -0.2) is 0 Å². The van der Waals surface area contributed by atoms with Gasteiger partial charge in [0.2, 0.25) is 0 Å². The van der Waals surface area contributed by atoms with Gasteiger partial charge >= 0.3 is 0 Å². The smallest absolute Gasteiger partial charge is 0.170 e. The second-order valence-corrected chi connectivity index (χ2v) is 6.00. The molecule has 3 rings (SSSR count). The Bertz CT molecular complexity index is 658. The number of hydrogen-bond donors (Lipinski definition) is 2. The van der Waals surface area contributed by atoms with Crippen LogP contribution >= 0.6 is 15.9 Å². The zero-order valence-corrected chi connectivity index (χ0v) is 12.5. The van der Waals surface area contributed by atoms with Crippen LogP contribution in [0.4, 0.5) is 0 Å². The van der Waals surface area contributed by atoms with E-state index in [1.54, 1.807) is 0 Å². The van der Waals surface area contributed by atoms with Gasteiger partial charge in [-0.1, -0.05) is 60.7 Å². The third-order valence-corrected chi connectivity index (χ3v) is 3.98. The van der Waals surface area contributed by atoms with Gasteiger partial charge in [0.05, 0.1) is 0 Å². The van der Waals surface area contributed by atoms with E-state index < -0.39 is 4.57 Å². The lowest BCUT2D eigenvalue weighted by Crippen LogP contribution is -2.47. The average molecular weight is 327 g/mol. The summed E-state index contributed by atoms with van der Waals surface area (Å²) in [5.74, 6) is 0. The molecule has 0 fully saturated rings. The molecule has 3 N–H and O–H groups in total. The molecule has 1 unspecified atom stereocenters. The standard InChI is InChI=1S/C17H15BrN2/c18-17(19)16(14-9-5-2-6-10-14)11-15(12-20-17)13-7-3-1-4-8-13/h1-12,20H,19H2. The minimum atomic E-state index is -0.743. The number of dihydropyridines is 1. The summed E-state index contributed by atoms with van der Waals surface area (Å²) in [5, 5.41) is 3.22. The van der Waals surface area contributed by atoms with Crippen molar-refractivity contribution in [1.82, 2.24) is 5.32 Å². The highest BCUT2D eigenvalue weighted by Gasteiger charge is 2.29. The maximum atomic E-state index is 6.29. The summed E-state index contributed by atoms with van der Waals surface area (Å²) in [6.45, 7) is 0. The highest BCUT2D eigenvalue weighted by molar-refractivity contribution is 9.10. The summed E-state index contributed by atoms with van der Waals surface area (Å²) in [7, 11) is 0. The average Bonchev–Trinajstić information content (AvgIpc) is 2.49. The third-order valence-electron chi connectivity index (χ3n) is 3.32. The van der Waals surface area contributed by atoms with E-state index >= 15 is 0 Å². The molecule has 2 aromatic rings. The molecule has 100 valence electrons. The fourth-order valence-electron chi connectivity index (χ4n) is 2.27. The van der Waals surface area contributed by atoms with Crippen LogP contribution in [0.1, 0.15) is 11.1 Å². The maximum absolute atomic E-state index is 6.29. The summed E-state index contributed by atoms with van der Waals surface area (Å²) >= 11 is 3.55. The van der Waals surface area contributed by atoms with Crippen LogP contribution in [0.2, 0.25) is 0 Å². The molecule has 0 bridgehead atoms. The van der Waals surface area contributed by atoms with E-state index in [4.69, 9.17) is 5.73 Å². The zero-order chi connectivity index (χ0) is 14.0. The van der Waals surface area contributed by atoms with Gasteiger partial charge in [0.1, 0.15) is 0 Å². The molecule has 1 atom stereocenters. The second-order valence-electron chi connectivity index (χ2n) is 4.75. The van der Waals surface area contributed by atoms with Crippen molar-refractivity contribution in [2.45, 2.75) is 4.57 Å². The topological polar surface area (TPSA) is 38.0 Å². The van der Waals surface area contributed by atoms with Gasteiger partial charge in [-0.3, -0.25) is 5.73 Å². The number of nitrogens with two attached hydrogens (primary N) is 1. The largest absolute Gasteiger partial charge is 0.360 e. The van der Waals surface area contributed by atoms with E-state index in [2.05, 4.69) is 51.6 Å². The van der Waals surface area contributed by atoms with Crippen LogP contribution in [0.25, 0.3) is 11.1 Å². The predicted octanol–water partition coefficient (Wildman–Crippen LogP) is 3.72. The molecule has 1 heterocycles.